The fraction of sp³-hybridized carbons (Fsp3) is 0.452. The highest BCUT2D eigenvalue weighted by atomic mass is 16.4. The number of phenols is 1. The molecule has 1 aromatic heterocycles. The smallest absolute Gasteiger partial charge is 0.336 e. The van der Waals surface area contributed by atoms with Crippen LogP contribution in [0.25, 0.3) is 22.1 Å². The van der Waals surface area contributed by atoms with Crippen molar-refractivity contribution < 1.29 is 9.52 Å². The molecule has 3 aromatic rings. The molecule has 2 unspecified atom stereocenters. The fourth-order valence-electron chi connectivity index (χ4n) is 7.75. The van der Waals surface area contributed by atoms with Gasteiger partial charge in [0.05, 0.1) is 5.56 Å². The van der Waals surface area contributed by atoms with Crippen LogP contribution in [0.2, 0.25) is 0 Å². The lowest BCUT2D eigenvalue weighted by Gasteiger charge is -2.54. The number of phenolic OH excluding ortho intramolecular Hbond substituents is 1. The third kappa shape index (κ3) is 3.72. The van der Waals surface area contributed by atoms with Crippen molar-refractivity contribution in [3.05, 3.63) is 76.2 Å². The molecule has 36 heavy (non-hydrogen) atoms. The standard InChI is InChI=1S/C31H34N2O3/c34-28-12-11-24-25(20-7-2-1-3-8-20)17-29(35)36-31(24)26(28)19-33-14-6-9-21-15-22-16-23(30(21)33)18-32-13-5-4-10-27(22)32/h1-3,7-8,11-12,15,17,22-23,27,30,34H,4-6,9-10,13-14,16,18-19H2/t22?,23?,27-,30-/m1/s1. The number of hydrogen-bond acceptors (Lipinski definition) is 5. The monoisotopic (exact) mass is 482 g/mol. The maximum absolute atomic E-state index is 12.7. The summed E-state index contributed by atoms with van der Waals surface area (Å²) in [7, 11) is 0. The molecule has 0 radical (unpaired) electrons. The molecule has 2 aromatic carbocycles. The van der Waals surface area contributed by atoms with Gasteiger partial charge in [-0.15, -0.1) is 0 Å². The molecule has 4 aliphatic rings. The summed E-state index contributed by atoms with van der Waals surface area (Å²) in [5, 5.41) is 11.9. The summed E-state index contributed by atoms with van der Waals surface area (Å²) < 4.78 is 5.80. The van der Waals surface area contributed by atoms with Crippen LogP contribution in [0.5, 0.6) is 5.75 Å². The van der Waals surface area contributed by atoms with Crippen molar-refractivity contribution in [3.63, 3.8) is 0 Å². The van der Waals surface area contributed by atoms with Crippen LogP contribution >= 0.6 is 0 Å². The van der Waals surface area contributed by atoms with Gasteiger partial charge in [-0.05, 0) is 80.3 Å². The van der Waals surface area contributed by atoms with Crippen LogP contribution in [0.3, 0.4) is 0 Å². The van der Waals surface area contributed by atoms with Gasteiger partial charge < -0.3 is 9.52 Å². The minimum absolute atomic E-state index is 0.209. The second kappa shape index (κ2) is 8.89. The van der Waals surface area contributed by atoms with Gasteiger partial charge in [-0.25, -0.2) is 4.79 Å². The fourth-order valence-corrected chi connectivity index (χ4v) is 7.75. The number of aromatic hydroxyl groups is 1. The number of fused-ring (bicyclic) bond motifs is 7. The first-order valence-corrected chi connectivity index (χ1v) is 13.7. The summed E-state index contributed by atoms with van der Waals surface area (Å²) in [6.07, 6.45) is 10.3. The summed E-state index contributed by atoms with van der Waals surface area (Å²) in [6.45, 7) is 4.03. The van der Waals surface area contributed by atoms with Gasteiger partial charge in [0, 0.05) is 36.6 Å². The number of hydrogen-bond donors (Lipinski definition) is 1. The second-order valence-corrected chi connectivity index (χ2v) is 11.3. The van der Waals surface area contributed by atoms with Crippen molar-refractivity contribution in [2.45, 2.75) is 57.2 Å². The van der Waals surface area contributed by atoms with Gasteiger partial charge >= 0.3 is 5.63 Å². The molecule has 1 aliphatic carbocycles. The third-order valence-corrected chi connectivity index (χ3v) is 9.20. The normalized spacial score (nSPS) is 28.4. The lowest BCUT2D eigenvalue weighted by Crippen LogP contribution is -2.59. The van der Waals surface area contributed by atoms with Gasteiger partial charge in [0.25, 0.3) is 0 Å². The van der Waals surface area contributed by atoms with Crippen molar-refractivity contribution in [1.82, 2.24) is 9.80 Å². The summed E-state index contributed by atoms with van der Waals surface area (Å²) in [5.41, 5.74) is 4.32. The zero-order valence-electron chi connectivity index (χ0n) is 20.7. The van der Waals surface area contributed by atoms with Crippen LogP contribution in [0.1, 0.15) is 44.1 Å². The molecule has 0 spiro atoms. The molecule has 5 nitrogen and oxygen atoms in total. The predicted molar refractivity (Wildman–Crippen MR) is 142 cm³/mol. The van der Waals surface area contributed by atoms with Crippen molar-refractivity contribution >= 4 is 11.0 Å². The quantitative estimate of drug-likeness (QED) is 0.391. The molecule has 3 fully saturated rings. The molecule has 5 heteroatoms. The molecule has 1 N–H and O–H groups in total. The Balaban J connectivity index is 1.28. The first-order valence-electron chi connectivity index (χ1n) is 13.7. The first kappa shape index (κ1) is 22.3. The van der Waals surface area contributed by atoms with E-state index in [2.05, 4.69) is 15.9 Å². The van der Waals surface area contributed by atoms with Gasteiger partial charge in [-0.2, -0.15) is 0 Å². The predicted octanol–water partition coefficient (Wildman–Crippen LogP) is 5.56. The minimum atomic E-state index is -0.378. The SMILES string of the molecule is O=c1cc(-c2ccccc2)c2ccc(O)c(CN3CCCC4=CC5CC(CN6CCCC[C@H]56)[C@@H]43)c2o1. The van der Waals surface area contributed by atoms with Crippen LogP contribution in [0.4, 0.5) is 0 Å². The zero-order valence-corrected chi connectivity index (χ0v) is 20.7. The summed E-state index contributed by atoms with van der Waals surface area (Å²) in [6, 6.07) is 16.3. The Bertz CT molecular complexity index is 1380. The maximum atomic E-state index is 12.7. The van der Waals surface area contributed by atoms with Crippen LogP contribution in [0, 0.1) is 11.8 Å². The van der Waals surface area contributed by atoms with E-state index in [9.17, 15) is 9.90 Å². The van der Waals surface area contributed by atoms with E-state index >= 15 is 0 Å². The van der Waals surface area contributed by atoms with E-state index < -0.39 is 0 Å². The molecule has 7 rings (SSSR count). The van der Waals surface area contributed by atoms with Crippen LogP contribution in [0.15, 0.2) is 69.4 Å². The Morgan fingerprint density at radius 2 is 1.92 bits per heavy atom. The number of nitrogens with zero attached hydrogens (tertiary/aromatic N) is 2. The van der Waals surface area contributed by atoms with Crippen LogP contribution < -0.4 is 5.63 Å². The molecule has 3 aliphatic heterocycles. The molecule has 4 atom stereocenters. The Kier molecular flexibility index (Phi) is 5.51. The zero-order chi connectivity index (χ0) is 24.2. The summed E-state index contributed by atoms with van der Waals surface area (Å²) in [5.74, 6) is 1.54. The number of benzene rings is 2. The second-order valence-electron chi connectivity index (χ2n) is 11.3. The van der Waals surface area contributed by atoms with E-state index in [0.29, 0.717) is 30.0 Å². The van der Waals surface area contributed by atoms with Gasteiger partial charge in [-0.3, -0.25) is 9.80 Å². The molecule has 4 heterocycles. The lowest BCUT2D eigenvalue weighted by molar-refractivity contribution is -0.00274. The Hall–Kier alpha value is -2.89. The van der Waals surface area contributed by atoms with Crippen molar-refractivity contribution in [1.29, 1.82) is 0 Å². The molecular weight excluding hydrogens is 448 g/mol. The van der Waals surface area contributed by atoms with Crippen LogP contribution in [-0.4, -0.2) is 46.6 Å². The van der Waals surface area contributed by atoms with E-state index in [-0.39, 0.29) is 11.4 Å². The van der Waals surface area contributed by atoms with Crippen molar-refractivity contribution in [2.75, 3.05) is 19.6 Å². The highest BCUT2D eigenvalue weighted by Crippen LogP contribution is 2.46. The summed E-state index contributed by atoms with van der Waals surface area (Å²) >= 11 is 0. The van der Waals surface area contributed by atoms with Crippen molar-refractivity contribution in [3.8, 4) is 16.9 Å². The Morgan fingerprint density at radius 1 is 1.03 bits per heavy atom. The van der Waals surface area contributed by atoms with E-state index in [1.807, 2.05) is 36.4 Å². The van der Waals surface area contributed by atoms with E-state index in [4.69, 9.17) is 4.42 Å². The number of likely N-dealkylation sites (tertiary alicyclic amines) is 1. The average Bonchev–Trinajstić information content (AvgIpc) is 2.90. The summed E-state index contributed by atoms with van der Waals surface area (Å²) in [4.78, 5) is 18.0. The molecule has 2 bridgehead atoms. The minimum Gasteiger partial charge on any atom is -0.507 e. The van der Waals surface area contributed by atoms with Gasteiger partial charge in [0.15, 0.2) is 0 Å². The van der Waals surface area contributed by atoms with E-state index in [0.717, 1.165) is 41.1 Å². The van der Waals surface area contributed by atoms with Gasteiger partial charge in [0.1, 0.15) is 11.3 Å². The highest BCUT2D eigenvalue weighted by Gasteiger charge is 2.46. The molecule has 186 valence electrons. The van der Waals surface area contributed by atoms with E-state index in [1.165, 1.54) is 45.2 Å². The van der Waals surface area contributed by atoms with Crippen molar-refractivity contribution in [2.24, 2.45) is 11.8 Å². The molecule has 0 amide bonds. The Labute approximate surface area is 212 Å². The maximum Gasteiger partial charge on any atom is 0.336 e. The Morgan fingerprint density at radius 3 is 2.81 bits per heavy atom. The lowest BCUT2D eigenvalue weighted by atomic mass is 9.68. The molecule has 0 saturated carbocycles. The molecular formula is C31H34N2O3. The highest BCUT2D eigenvalue weighted by molar-refractivity contribution is 5.95. The first-order chi connectivity index (χ1) is 17.7. The molecule has 3 saturated heterocycles. The van der Waals surface area contributed by atoms with Crippen LogP contribution in [-0.2, 0) is 6.54 Å². The van der Waals surface area contributed by atoms with Gasteiger partial charge in [-0.1, -0.05) is 48.4 Å². The number of piperidine rings is 3. The van der Waals surface area contributed by atoms with Gasteiger partial charge in [0.2, 0.25) is 0 Å². The topological polar surface area (TPSA) is 56.9 Å². The van der Waals surface area contributed by atoms with E-state index in [1.54, 1.807) is 17.7 Å². The average molecular weight is 483 g/mol. The number of rotatable bonds is 3. The largest absolute Gasteiger partial charge is 0.507 e. The third-order valence-electron chi connectivity index (χ3n) is 9.20.